The summed E-state index contributed by atoms with van der Waals surface area (Å²) in [6.07, 6.45) is 4.34. The molecule has 0 bridgehead atoms. The highest BCUT2D eigenvalue weighted by atomic mass is 16.5. The van der Waals surface area contributed by atoms with E-state index < -0.39 is 0 Å². The van der Waals surface area contributed by atoms with Crippen molar-refractivity contribution in [1.82, 2.24) is 10.3 Å². The minimum atomic E-state index is 0.0202. The molecule has 1 fully saturated rings. The second kappa shape index (κ2) is 7.79. The molecule has 0 aliphatic carbocycles. The van der Waals surface area contributed by atoms with Crippen LogP contribution in [0.4, 0.5) is 5.69 Å². The van der Waals surface area contributed by atoms with Gasteiger partial charge in [0.05, 0.1) is 13.0 Å². The highest BCUT2D eigenvalue weighted by Crippen LogP contribution is 2.31. The quantitative estimate of drug-likeness (QED) is 0.851. The third-order valence-electron chi connectivity index (χ3n) is 3.98. The number of aromatic nitrogens is 1. The molecule has 2 N–H and O–H groups in total. The predicted molar refractivity (Wildman–Crippen MR) is 91.2 cm³/mol. The number of nitrogens with one attached hydrogen (secondary N) is 2. The number of ether oxygens (including phenoxy) is 2. The number of anilines is 1. The van der Waals surface area contributed by atoms with E-state index in [2.05, 4.69) is 15.6 Å². The van der Waals surface area contributed by atoms with Gasteiger partial charge in [-0.1, -0.05) is 6.07 Å². The first-order valence-corrected chi connectivity index (χ1v) is 7.97. The SMILES string of the molecule is COc1ccc(NC(=O)C2CCNC2)cc1OCc1cccnc1. The third-order valence-corrected chi connectivity index (χ3v) is 3.98. The highest BCUT2D eigenvalue weighted by Gasteiger charge is 2.22. The van der Waals surface area contributed by atoms with Crippen molar-refractivity contribution in [2.45, 2.75) is 13.0 Å². The van der Waals surface area contributed by atoms with Gasteiger partial charge in [0.1, 0.15) is 6.61 Å². The first kappa shape index (κ1) is 16.3. The topological polar surface area (TPSA) is 72.5 Å². The molecule has 1 aliphatic rings. The largest absolute Gasteiger partial charge is 0.493 e. The van der Waals surface area contributed by atoms with Crippen molar-refractivity contribution in [1.29, 1.82) is 0 Å². The van der Waals surface area contributed by atoms with Crippen molar-refractivity contribution >= 4 is 11.6 Å². The van der Waals surface area contributed by atoms with Gasteiger partial charge in [-0.05, 0) is 31.2 Å². The summed E-state index contributed by atoms with van der Waals surface area (Å²) in [5, 5.41) is 6.14. The smallest absolute Gasteiger partial charge is 0.228 e. The molecule has 0 saturated carbocycles. The molecule has 6 heteroatoms. The lowest BCUT2D eigenvalue weighted by Gasteiger charge is -2.14. The van der Waals surface area contributed by atoms with E-state index >= 15 is 0 Å². The van der Waals surface area contributed by atoms with Gasteiger partial charge in [0.15, 0.2) is 11.5 Å². The first-order chi connectivity index (χ1) is 11.8. The van der Waals surface area contributed by atoms with Gasteiger partial charge >= 0.3 is 0 Å². The predicted octanol–water partition coefficient (Wildman–Crippen LogP) is 2.22. The molecule has 1 amide bonds. The van der Waals surface area contributed by atoms with Crippen molar-refractivity contribution in [3.63, 3.8) is 0 Å². The molecule has 2 aromatic rings. The van der Waals surface area contributed by atoms with E-state index in [4.69, 9.17) is 9.47 Å². The van der Waals surface area contributed by atoms with Crippen LogP contribution in [0.2, 0.25) is 0 Å². The van der Waals surface area contributed by atoms with Gasteiger partial charge in [0.2, 0.25) is 5.91 Å². The van der Waals surface area contributed by atoms with Crippen LogP contribution < -0.4 is 20.1 Å². The summed E-state index contributed by atoms with van der Waals surface area (Å²) in [5.41, 5.74) is 1.67. The number of rotatable bonds is 6. The summed E-state index contributed by atoms with van der Waals surface area (Å²) in [6, 6.07) is 9.20. The van der Waals surface area contributed by atoms with Gasteiger partial charge in [-0.15, -0.1) is 0 Å². The Balaban J connectivity index is 1.69. The molecule has 0 spiro atoms. The number of hydrogen-bond donors (Lipinski definition) is 2. The summed E-state index contributed by atoms with van der Waals surface area (Å²) in [7, 11) is 1.59. The van der Waals surface area contributed by atoms with Crippen LogP contribution in [0.1, 0.15) is 12.0 Å². The fraction of sp³-hybridized carbons (Fsp3) is 0.333. The fourth-order valence-electron chi connectivity index (χ4n) is 2.63. The molecule has 24 heavy (non-hydrogen) atoms. The number of carbonyl (C=O) groups excluding carboxylic acids is 1. The molecule has 6 nitrogen and oxygen atoms in total. The lowest BCUT2D eigenvalue weighted by Crippen LogP contribution is -2.24. The Bertz CT molecular complexity index is 685. The summed E-state index contributed by atoms with van der Waals surface area (Å²) < 4.78 is 11.2. The zero-order valence-corrected chi connectivity index (χ0v) is 13.6. The Labute approximate surface area is 141 Å². The van der Waals surface area contributed by atoms with E-state index in [-0.39, 0.29) is 11.8 Å². The Kier molecular flexibility index (Phi) is 5.28. The number of hydrogen-bond acceptors (Lipinski definition) is 5. The van der Waals surface area contributed by atoms with Gasteiger partial charge < -0.3 is 20.1 Å². The average molecular weight is 327 g/mol. The van der Waals surface area contributed by atoms with Crippen molar-refractivity contribution < 1.29 is 14.3 Å². The summed E-state index contributed by atoms with van der Waals surface area (Å²) in [6.45, 7) is 2.00. The van der Waals surface area contributed by atoms with Gasteiger partial charge in [-0.3, -0.25) is 9.78 Å². The molecule has 3 rings (SSSR count). The Morgan fingerprint density at radius 3 is 3.00 bits per heavy atom. The maximum Gasteiger partial charge on any atom is 0.228 e. The minimum absolute atomic E-state index is 0.0202. The van der Waals surface area contributed by atoms with E-state index in [1.54, 1.807) is 31.6 Å². The lowest BCUT2D eigenvalue weighted by molar-refractivity contribution is -0.119. The van der Waals surface area contributed by atoms with E-state index in [0.717, 1.165) is 25.1 Å². The van der Waals surface area contributed by atoms with Gasteiger partial charge in [0, 0.05) is 36.3 Å². The Hall–Kier alpha value is -2.60. The summed E-state index contributed by atoms with van der Waals surface area (Å²) in [4.78, 5) is 16.3. The summed E-state index contributed by atoms with van der Waals surface area (Å²) in [5.74, 6) is 1.26. The number of benzene rings is 1. The normalized spacial score (nSPS) is 16.6. The van der Waals surface area contributed by atoms with Crippen LogP contribution in [0.25, 0.3) is 0 Å². The number of pyridine rings is 1. The summed E-state index contributed by atoms with van der Waals surface area (Å²) >= 11 is 0. The van der Waals surface area contributed by atoms with Crippen LogP contribution in [0.3, 0.4) is 0 Å². The van der Waals surface area contributed by atoms with Crippen LogP contribution in [-0.2, 0) is 11.4 Å². The van der Waals surface area contributed by atoms with E-state index in [0.29, 0.717) is 23.8 Å². The first-order valence-electron chi connectivity index (χ1n) is 7.97. The second-order valence-electron chi connectivity index (χ2n) is 5.69. The van der Waals surface area contributed by atoms with Gasteiger partial charge in [-0.2, -0.15) is 0 Å². The molecule has 1 aliphatic heterocycles. The van der Waals surface area contributed by atoms with Crippen molar-refractivity contribution in [2.24, 2.45) is 5.92 Å². The Morgan fingerprint density at radius 2 is 2.29 bits per heavy atom. The Morgan fingerprint density at radius 1 is 1.38 bits per heavy atom. The standard InChI is InChI=1S/C18H21N3O3/c1-23-16-5-4-15(21-18(22)14-6-8-20-11-14)9-17(16)24-12-13-3-2-7-19-10-13/h2-5,7,9-10,14,20H,6,8,11-12H2,1H3,(H,21,22). The molecule has 126 valence electrons. The van der Waals surface area contributed by atoms with Crippen LogP contribution in [0, 0.1) is 5.92 Å². The fourth-order valence-corrected chi connectivity index (χ4v) is 2.63. The van der Waals surface area contributed by atoms with Crippen molar-refractivity contribution in [3.05, 3.63) is 48.3 Å². The molecular formula is C18H21N3O3. The van der Waals surface area contributed by atoms with Gasteiger partial charge in [-0.25, -0.2) is 0 Å². The molecule has 1 aromatic carbocycles. The monoisotopic (exact) mass is 327 g/mol. The number of methoxy groups -OCH3 is 1. The number of amides is 1. The zero-order chi connectivity index (χ0) is 16.8. The van der Waals surface area contributed by atoms with Crippen molar-refractivity contribution in [2.75, 3.05) is 25.5 Å². The van der Waals surface area contributed by atoms with Gasteiger partial charge in [0.25, 0.3) is 0 Å². The van der Waals surface area contributed by atoms with Crippen molar-refractivity contribution in [3.8, 4) is 11.5 Å². The van der Waals surface area contributed by atoms with Crippen LogP contribution in [0.15, 0.2) is 42.7 Å². The lowest BCUT2D eigenvalue weighted by atomic mass is 10.1. The maximum absolute atomic E-state index is 12.2. The highest BCUT2D eigenvalue weighted by molar-refractivity contribution is 5.93. The maximum atomic E-state index is 12.2. The van der Waals surface area contributed by atoms with E-state index in [1.807, 2.05) is 18.2 Å². The van der Waals surface area contributed by atoms with Crippen LogP contribution >= 0.6 is 0 Å². The zero-order valence-electron chi connectivity index (χ0n) is 13.6. The van der Waals surface area contributed by atoms with Crippen LogP contribution in [-0.4, -0.2) is 31.1 Å². The molecule has 1 unspecified atom stereocenters. The second-order valence-corrected chi connectivity index (χ2v) is 5.69. The minimum Gasteiger partial charge on any atom is -0.493 e. The number of carbonyl (C=O) groups is 1. The molecule has 0 radical (unpaired) electrons. The average Bonchev–Trinajstić information content (AvgIpc) is 3.16. The molecule has 1 saturated heterocycles. The van der Waals surface area contributed by atoms with E-state index in [9.17, 15) is 4.79 Å². The third kappa shape index (κ3) is 4.02. The van der Waals surface area contributed by atoms with Crippen LogP contribution in [0.5, 0.6) is 11.5 Å². The molecule has 1 atom stereocenters. The van der Waals surface area contributed by atoms with E-state index in [1.165, 1.54) is 0 Å². The molecule has 2 heterocycles. The molecular weight excluding hydrogens is 306 g/mol. The number of nitrogens with zero attached hydrogens (tertiary/aromatic N) is 1. The molecule has 1 aromatic heterocycles.